The minimum Gasteiger partial charge on any atom is -0.466 e. The molecule has 1 aromatic carbocycles. The van der Waals surface area contributed by atoms with Gasteiger partial charge >= 0.3 is 18.3 Å². The summed E-state index contributed by atoms with van der Waals surface area (Å²) >= 11 is 0. The smallest absolute Gasteiger partial charge is 0.433 e. The number of ether oxygens (including phenoxy) is 2. The fraction of sp³-hybridized carbons (Fsp3) is 0.514. The monoisotopic (exact) mass is 747 g/mol. The zero-order valence-corrected chi connectivity index (χ0v) is 29.9. The van der Waals surface area contributed by atoms with Gasteiger partial charge in [-0.2, -0.15) is 26.3 Å². The number of aromatic amines is 1. The van der Waals surface area contributed by atoms with Gasteiger partial charge in [0.25, 0.3) is 0 Å². The van der Waals surface area contributed by atoms with Crippen molar-refractivity contribution in [3.8, 4) is 22.6 Å². The molecule has 10 nitrogen and oxygen atoms in total. The standard InChI is InChI=1S/C37H43F6N7O3/c1-4-53-30(51)11-14-49-15-17-50(18-16-49)26-9-7-24(8-10-26)33-46-31-29(48(2)22-35(23-52-3)12-5-6-13-35)20-28(45-34(31)47-33)25-19-27(36(38,39)40)32(44-21-25)37(41,42)43/h7-10,19-21H,4-6,11-18,22-23H2,1-3H3,(H,45,46,47). The molecular weight excluding hydrogens is 704 g/mol. The molecule has 0 atom stereocenters. The summed E-state index contributed by atoms with van der Waals surface area (Å²) in [5.74, 6) is 0.279. The van der Waals surface area contributed by atoms with Crippen LogP contribution in [0.25, 0.3) is 33.8 Å². The van der Waals surface area contributed by atoms with E-state index in [2.05, 4.69) is 24.8 Å². The van der Waals surface area contributed by atoms with Gasteiger partial charge in [0.2, 0.25) is 0 Å². The largest absolute Gasteiger partial charge is 0.466 e. The summed E-state index contributed by atoms with van der Waals surface area (Å²) in [4.78, 5) is 34.1. The summed E-state index contributed by atoms with van der Waals surface area (Å²) in [6.45, 7) is 7.09. The first-order valence-electron chi connectivity index (χ1n) is 17.7. The van der Waals surface area contributed by atoms with E-state index in [-0.39, 0.29) is 28.3 Å². The zero-order valence-electron chi connectivity index (χ0n) is 29.9. The van der Waals surface area contributed by atoms with Crippen molar-refractivity contribution >= 4 is 28.5 Å². The molecule has 2 fully saturated rings. The molecule has 16 heteroatoms. The number of benzene rings is 1. The van der Waals surface area contributed by atoms with E-state index in [1.165, 1.54) is 0 Å². The third-order valence-corrected chi connectivity index (χ3v) is 10.1. The second-order valence-electron chi connectivity index (χ2n) is 13.9. The Hall–Kier alpha value is -4.44. The van der Waals surface area contributed by atoms with Crippen molar-refractivity contribution in [3.05, 3.63) is 53.9 Å². The van der Waals surface area contributed by atoms with Crippen LogP contribution in [0, 0.1) is 5.41 Å². The van der Waals surface area contributed by atoms with Gasteiger partial charge in [0.05, 0.1) is 36.6 Å². The Balaban J connectivity index is 1.31. The number of fused-ring (bicyclic) bond motifs is 1. The number of nitrogens with one attached hydrogen (secondary N) is 1. The van der Waals surface area contributed by atoms with Gasteiger partial charge in [0.1, 0.15) is 11.3 Å². The molecule has 53 heavy (non-hydrogen) atoms. The summed E-state index contributed by atoms with van der Waals surface area (Å²) in [6.07, 6.45) is -5.50. The van der Waals surface area contributed by atoms with Gasteiger partial charge in [-0.3, -0.25) is 14.7 Å². The van der Waals surface area contributed by atoms with E-state index < -0.39 is 23.6 Å². The van der Waals surface area contributed by atoms with E-state index in [1.54, 1.807) is 20.1 Å². The van der Waals surface area contributed by atoms with Crippen molar-refractivity contribution in [2.75, 3.05) is 76.4 Å². The number of H-pyrrole nitrogens is 1. The molecule has 0 radical (unpaired) electrons. The third-order valence-electron chi connectivity index (χ3n) is 10.1. The number of methoxy groups -OCH3 is 1. The van der Waals surface area contributed by atoms with Crippen LogP contribution in [-0.2, 0) is 26.6 Å². The van der Waals surface area contributed by atoms with Crippen LogP contribution >= 0.6 is 0 Å². The minimum absolute atomic E-state index is 0.00748. The summed E-state index contributed by atoms with van der Waals surface area (Å²) < 4.78 is 92.9. The number of piperazine rings is 1. The van der Waals surface area contributed by atoms with Crippen LogP contribution in [-0.4, -0.2) is 97.4 Å². The van der Waals surface area contributed by atoms with E-state index in [0.29, 0.717) is 55.8 Å². The van der Waals surface area contributed by atoms with Gasteiger partial charge in [-0.05, 0) is 56.2 Å². The van der Waals surface area contributed by atoms with Gasteiger partial charge in [0, 0.05) is 81.9 Å². The molecule has 286 valence electrons. The Bertz CT molecular complexity index is 1880. The van der Waals surface area contributed by atoms with Crippen LogP contribution in [0.5, 0.6) is 0 Å². The Kier molecular flexibility index (Phi) is 11.2. The second kappa shape index (κ2) is 15.5. The number of pyridine rings is 2. The number of hydrogen-bond acceptors (Lipinski definition) is 9. The van der Waals surface area contributed by atoms with Crippen molar-refractivity contribution in [3.63, 3.8) is 0 Å². The molecule has 4 aromatic rings. The van der Waals surface area contributed by atoms with E-state index in [1.807, 2.05) is 36.2 Å². The van der Waals surface area contributed by atoms with Crippen LogP contribution in [0.4, 0.5) is 37.7 Å². The number of hydrogen-bond donors (Lipinski definition) is 1. The maximum atomic E-state index is 13.9. The Morgan fingerprint density at radius 1 is 0.962 bits per heavy atom. The lowest BCUT2D eigenvalue weighted by Crippen LogP contribution is -2.47. The fourth-order valence-corrected chi connectivity index (χ4v) is 7.51. The van der Waals surface area contributed by atoms with Gasteiger partial charge < -0.3 is 24.3 Å². The molecule has 1 aliphatic heterocycles. The minimum atomic E-state index is -5.30. The van der Waals surface area contributed by atoms with E-state index >= 15 is 0 Å². The summed E-state index contributed by atoms with van der Waals surface area (Å²) in [6, 6.07) is 9.84. The maximum absolute atomic E-state index is 13.9. The topological polar surface area (TPSA) is 99.7 Å². The molecule has 0 unspecified atom stereocenters. The Morgan fingerprint density at radius 3 is 2.28 bits per heavy atom. The average Bonchev–Trinajstić information content (AvgIpc) is 3.77. The number of imidazole rings is 1. The lowest BCUT2D eigenvalue weighted by molar-refractivity contribution is -0.164. The molecule has 6 rings (SSSR count). The highest BCUT2D eigenvalue weighted by Crippen LogP contribution is 2.43. The molecular formula is C37H43F6N7O3. The van der Waals surface area contributed by atoms with Gasteiger partial charge in [0.15, 0.2) is 11.3 Å². The second-order valence-corrected chi connectivity index (χ2v) is 13.9. The summed E-state index contributed by atoms with van der Waals surface area (Å²) in [5, 5.41) is 0. The number of aromatic nitrogens is 4. The van der Waals surface area contributed by atoms with Crippen LogP contribution in [0.15, 0.2) is 42.6 Å². The number of carbonyl (C=O) groups is 1. The number of nitrogens with zero attached hydrogens (tertiary/aromatic N) is 6. The quantitative estimate of drug-likeness (QED) is 0.117. The van der Waals surface area contributed by atoms with Crippen molar-refractivity contribution in [2.45, 2.75) is 51.4 Å². The fourth-order valence-electron chi connectivity index (χ4n) is 7.51. The number of anilines is 2. The molecule has 1 saturated carbocycles. The molecule has 1 saturated heterocycles. The van der Waals surface area contributed by atoms with Crippen LogP contribution in [0.2, 0.25) is 0 Å². The maximum Gasteiger partial charge on any atom is 0.433 e. The van der Waals surface area contributed by atoms with Gasteiger partial charge in [-0.25, -0.2) is 9.97 Å². The third kappa shape index (κ3) is 8.69. The number of carbonyl (C=O) groups excluding carboxylic acids is 1. The molecule has 0 spiro atoms. The molecule has 1 N–H and O–H groups in total. The lowest BCUT2D eigenvalue weighted by Gasteiger charge is -2.36. The molecule has 1 aliphatic carbocycles. The molecule has 3 aromatic heterocycles. The summed E-state index contributed by atoms with van der Waals surface area (Å²) in [7, 11) is 3.52. The highest BCUT2D eigenvalue weighted by Gasteiger charge is 2.45. The van der Waals surface area contributed by atoms with Crippen LogP contribution in [0.1, 0.15) is 50.3 Å². The van der Waals surface area contributed by atoms with Crippen molar-refractivity contribution in [1.82, 2.24) is 24.8 Å². The van der Waals surface area contributed by atoms with Gasteiger partial charge in [-0.1, -0.05) is 12.8 Å². The van der Waals surface area contributed by atoms with Crippen molar-refractivity contribution in [1.29, 1.82) is 0 Å². The number of alkyl halides is 6. The molecule has 0 bridgehead atoms. The van der Waals surface area contributed by atoms with E-state index in [9.17, 15) is 31.1 Å². The first-order valence-corrected chi connectivity index (χ1v) is 17.7. The SMILES string of the molecule is CCOC(=O)CCN1CCN(c2ccc(-c3nc4nc(-c5cnc(C(F)(F)F)c(C(F)(F)F)c5)cc(N(C)CC5(COC)CCCC5)c4[nH]3)cc2)CC1. The molecule has 4 heterocycles. The Morgan fingerprint density at radius 2 is 1.66 bits per heavy atom. The first kappa shape index (κ1) is 38.3. The van der Waals surface area contributed by atoms with Gasteiger partial charge in [-0.15, -0.1) is 0 Å². The summed E-state index contributed by atoms with van der Waals surface area (Å²) in [5.41, 5.74) is -1.17. The molecule has 2 aliphatic rings. The van der Waals surface area contributed by atoms with E-state index in [4.69, 9.17) is 14.5 Å². The molecule has 0 amide bonds. The zero-order chi connectivity index (χ0) is 38.0. The van der Waals surface area contributed by atoms with Crippen molar-refractivity contribution < 1.29 is 40.6 Å². The van der Waals surface area contributed by atoms with E-state index in [0.717, 1.165) is 69.3 Å². The van der Waals surface area contributed by atoms with Crippen molar-refractivity contribution in [2.24, 2.45) is 5.41 Å². The number of rotatable bonds is 12. The number of halogens is 6. The highest BCUT2D eigenvalue weighted by atomic mass is 19.4. The lowest BCUT2D eigenvalue weighted by atomic mass is 9.86. The van der Waals surface area contributed by atoms with Crippen LogP contribution in [0.3, 0.4) is 0 Å². The predicted molar refractivity (Wildman–Crippen MR) is 189 cm³/mol. The first-order chi connectivity index (χ1) is 25.2. The predicted octanol–water partition coefficient (Wildman–Crippen LogP) is 7.44. The normalized spacial score (nSPS) is 16.7. The van der Waals surface area contributed by atoms with Crippen LogP contribution < -0.4 is 9.80 Å². The Labute approximate surface area is 303 Å². The number of esters is 1. The highest BCUT2D eigenvalue weighted by molar-refractivity contribution is 5.91. The average molecular weight is 748 g/mol.